The van der Waals surface area contributed by atoms with Gasteiger partial charge < -0.3 is 30.3 Å². The van der Waals surface area contributed by atoms with Crippen LogP contribution in [0.2, 0.25) is 0 Å². The molecule has 180 valence electrons. The minimum absolute atomic E-state index is 0.00386. The number of hydrogen-bond donors (Lipinski definition) is 3. The number of halogens is 1. The monoisotopic (exact) mass is 477 g/mol. The van der Waals surface area contributed by atoms with Crippen LogP contribution in [-0.2, 0) is 26.4 Å². The molecule has 1 aromatic heterocycles. The second kappa shape index (κ2) is 8.98. The Hall–Kier alpha value is -4.01. The van der Waals surface area contributed by atoms with Gasteiger partial charge in [0.15, 0.2) is 0 Å². The van der Waals surface area contributed by atoms with Crippen LogP contribution in [0.1, 0.15) is 22.3 Å². The molecule has 2 aromatic rings. The van der Waals surface area contributed by atoms with E-state index in [1.165, 1.54) is 25.3 Å². The number of ether oxygens (including phenoxy) is 2. The number of amides is 1. The number of carbonyl (C=O) groups is 1. The van der Waals surface area contributed by atoms with E-state index in [4.69, 9.17) is 14.5 Å². The van der Waals surface area contributed by atoms with E-state index < -0.39 is 17.4 Å². The molecule has 1 aromatic carbocycles. The topological polar surface area (TPSA) is 124 Å². The van der Waals surface area contributed by atoms with Crippen molar-refractivity contribution in [2.75, 3.05) is 55.7 Å². The van der Waals surface area contributed by atoms with E-state index in [0.29, 0.717) is 78.1 Å². The van der Waals surface area contributed by atoms with Gasteiger partial charge in [0.1, 0.15) is 36.1 Å². The van der Waals surface area contributed by atoms with E-state index in [0.717, 1.165) is 0 Å². The zero-order valence-corrected chi connectivity index (χ0v) is 19.2. The van der Waals surface area contributed by atoms with Crippen LogP contribution in [0.25, 0.3) is 0 Å². The van der Waals surface area contributed by atoms with Gasteiger partial charge in [-0.15, -0.1) is 6.58 Å². The van der Waals surface area contributed by atoms with Crippen LogP contribution >= 0.6 is 0 Å². The fourth-order valence-corrected chi connectivity index (χ4v) is 4.65. The number of rotatable bonds is 5. The molecule has 11 heteroatoms. The SMILES string of the molecule is C=CCc1c(C#N)c(N2CCOCC2)nc2c1/C(=N\COC)NC1(N2)C(=O)Nc2ccc(F)cc21. The van der Waals surface area contributed by atoms with E-state index >= 15 is 0 Å². The van der Waals surface area contributed by atoms with Crippen LogP contribution in [0, 0.1) is 17.1 Å². The lowest BCUT2D eigenvalue weighted by Gasteiger charge is -2.39. The van der Waals surface area contributed by atoms with Gasteiger partial charge in [-0.2, -0.15) is 5.26 Å². The first-order valence-corrected chi connectivity index (χ1v) is 11.1. The summed E-state index contributed by atoms with van der Waals surface area (Å²) < 4.78 is 24.9. The van der Waals surface area contributed by atoms with Crippen molar-refractivity contribution < 1.29 is 18.7 Å². The van der Waals surface area contributed by atoms with E-state index in [2.05, 4.69) is 33.6 Å². The summed E-state index contributed by atoms with van der Waals surface area (Å²) >= 11 is 0. The van der Waals surface area contributed by atoms with Crippen molar-refractivity contribution in [2.24, 2.45) is 4.99 Å². The summed E-state index contributed by atoms with van der Waals surface area (Å²) in [4.78, 5) is 24.6. The van der Waals surface area contributed by atoms with Gasteiger partial charge in [-0.05, 0) is 30.2 Å². The van der Waals surface area contributed by atoms with Crippen molar-refractivity contribution in [1.82, 2.24) is 10.3 Å². The highest BCUT2D eigenvalue weighted by Gasteiger charge is 2.52. The van der Waals surface area contributed by atoms with Crippen LogP contribution in [-0.4, -0.2) is 56.9 Å². The van der Waals surface area contributed by atoms with Crippen molar-refractivity contribution >= 4 is 29.1 Å². The summed E-state index contributed by atoms with van der Waals surface area (Å²) in [5.41, 5.74) is 0.904. The normalized spacial score (nSPS) is 21.6. The van der Waals surface area contributed by atoms with Crippen molar-refractivity contribution in [2.45, 2.75) is 12.1 Å². The van der Waals surface area contributed by atoms with Gasteiger partial charge >= 0.3 is 0 Å². The Balaban J connectivity index is 1.76. The second-order valence-electron chi connectivity index (χ2n) is 8.29. The fourth-order valence-electron chi connectivity index (χ4n) is 4.65. The number of aliphatic imine (C=N–C) groups is 1. The zero-order valence-electron chi connectivity index (χ0n) is 19.2. The number of allylic oxidation sites excluding steroid dienone is 1. The van der Waals surface area contributed by atoms with E-state index in [-0.39, 0.29) is 6.73 Å². The quantitative estimate of drug-likeness (QED) is 0.558. The number of nitriles is 1. The minimum Gasteiger partial charge on any atom is -0.378 e. The number of carbonyl (C=O) groups excluding carboxylic acids is 1. The Kier molecular flexibility index (Phi) is 5.84. The molecule has 0 radical (unpaired) electrons. The Morgan fingerprint density at radius 3 is 2.91 bits per heavy atom. The molecule has 5 rings (SSSR count). The first-order valence-electron chi connectivity index (χ1n) is 11.1. The highest BCUT2D eigenvalue weighted by molar-refractivity contribution is 6.16. The molecule has 1 unspecified atom stereocenters. The predicted octanol–water partition coefficient (Wildman–Crippen LogP) is 1.83. The molecule has 3 N–H and O–H groups in total. The van der Waals surface area contributed by atoms with Crippen LogP contribution in [0.3, 0.4) is 0 Å². The summed E-state index contributed by atoms with van der Waals surface area (Å²) in [5, 5.41) is 19.3. The number of aromatic nitrogens is 1. The van der Waals surface area contributed by atoms with Crippen LogP contribution < -0.4 is 20.9 Å². The number of amidine groups is 1. The molecule has 4 heterocycles. The molecule has 1 amide bonds. The molecule has 1 atom stereocenters. The average molecular weight is 478 g/mol. The maximum absolute atomic E-state index is 14.3. The standard InChI is InChI=1S/C24H24FN7O3/c1-3-4-15-16(12-26)22(32-7-9-35-10-8-32)29-21-19(15)20(27-13-34-2)30-24(31-21)17-11-14(25)5-6-18(17)28-23(24)33/h3,5-6,11H,1,4,7-10,13H2,2H3,(H,27,30)(H,28,33)(H,29,31). The number of hydrogen-bond acceptors (Lipinski definition) is 8. The summed E-state index contributed by atoms with van der Waals surface area (Å²) in [5.74, 6) is 0.224. The third-order valence-electron chi connectivity index (χ3n) is 6.23. The maximum Gasteiger partial charge on any atom is 0.275 e. The number of pyridine rings is 1. The maximum atomic E-state index is 14.3. The number of benzene rings is 1. The van der Waals surface area contributed by atoms with E-state index in [1.807, 2.05) is 4.90 Å². The highest BCUT2D eigenvalue weighted by Crippen LogP contribution is 2.42. The fraction of sp³-hybridized carbons (Fsp3) is 0.333. The largest absolute Gasteiger partial charge is 0.378 e. The molecular weight excluding hydrogens is 453 g/mol. The van der Waals surface area contributed by atoms with Crippen LogP contribution in [0.5, 0.6) is 0 Å². The summed E-state index contributed by atoms with van der Waals surface area (Å²) in [6, 6.07) is 6.39. The molecule has 0 aliphatic carbocycles. The minimum atomic E-state index is -1.55. The number of fused-ring (bicyclic) bond motifs is 3. The molecular formula is C24H24FN7O3. The van der Waals surface area contributed by atoms with Gasteiger partial charge in [-0.1, -0.05) is 6.08 Å². The van der Waals surface area contributed by atoms with E-state index in [1.54, 1.807) is 6.08 Å². The third kappa shape index (κ3) is 3.67. The van der Waals surface area contributed by atoms with Crippen molar-refractivity contribution in [3.05, 3.63) is 58.9 Å². The predicted molar refractivity (Wildman–Crippen MR) is 128 cm³/mol. The third-order valence-corrected chi connectivity index (χ3v) is 6.23. The number of morpholine rings is 1. The first-order chi connectivity index (χ1) is 17.0. The number of nitrogens with zero attached hydrogens (tertiary/aromatic N) is 4. The van der Waals surface area contributed by atoms with Gasteiger partial charge in [-0.25, -0.2) is 14.4 Å². The van der Waals surface area contributed by atoms with Gasteiger partial charge in [0.05, 0.1) is 24.3 Å². The summed E-state index contributed by atoms with van der Waals surface area (Å²) in [6.45, 7) is 6.00. The van der Waals surface area contributed by atoms with Crippen molar-refractivity contribution in [3.63, 3.8) is 0 Å². The molecule has 3 aliphatic heterocycles. The lowest BCUT2D eigenvalue weighted by atomic mass is 9.92. The van der Waals surface area contributed by atoms with Gasteiger partial charge in [0.2, 0.25) is 5.66 Å². The van der Waals surface area contributed by atoms with Crippen molar-refractivity contribution in [3.8, 4) is 6.07 Å². The molecule has 0 saturated carbocycles. The lowest BCUT2D eigenvalue weighted by molar-refractivity contribution is -0.120. The van der Waals surface area contributed by atoms with Gasteiger partial charge in [0.25, 0.3) is 5.91 Å². The Bertz CT molecular complexity index is 1280. The van der Waals surface area contributed by atoms with Crippen LogP contribution in [0.15, 0.2) is 35.8 Å². The van der Waals surface area contributed by atoms with Crippen molar-refractivity contribution in [1.29, 1.82) is 5.26 Å². The molecule has 1 fully saturated rings. The van der Waals surface area contributed by atoms with Gasteiger partial charge in [0, 0.05) is 31.5 Å². The molecule has 1 saturated heterocycles. The molecule has 10 nitrogen and oxygen atoms in total. The Morgan fingerprint density at radius 1 is 1.40 bits per heavy atom. The first kappa shape index (κ1) is 22.8. The molecule has 1 spiro atoms. The van der Waals surface area contributed by atoms with Gasteiger partial charge in [-0.3, -0.25) is 4.79 Å². The summed E-state index contributed by atoms with van der Waals surface area (Å²) in [6.07, 6.45) is 2.07. The molecule has 35 heavy (non-hydrogen) atoms. The second-order valence-corrected chi connectivity index (χ2v) is 8.29. The smallest absolute Gasteiger partial charge is 0.275 e. The van der Waals surface area contributed by atoms with E-state index in [9.17, 15) is 14.4 Å². The molecule has 3 aliphatic rings. The number of anilines is 3. The number of methoxy groups -OCH3 is 1. The zero-order chi connectivity index (χ0) is 24.6. The number of nitrogens with one attached hydrogen (secondary N) is 3. The Labute approximate surface area is 201 Å². The summed E-state index contributed by atoms with van der Waals surface area (Å²) in [7, 11) is 1.50. The lowest BCUT2D eigenvalue weighted by Crippen LogP contribution is -2.60. The molecule has 0 bridgehead atoms. The Morgan fingerprint density at radius 2 is 2.20 bits per heavy atom. The highest BCUT2D eigenvalue weighted by atomic mass is 19.1. The average Bonchev–Trinajstić information content (AvgIpc) is 3.12. The van der Waals surface area contributed by atoms with Crippen LogP contribution in [0.4, 0.5) is 21.7 Å².